The normalized spacial score (nSPS) is 17.4. The first kappa shape index (κ1) is 14.0. The molecule has 1 aromatic carbocycles. The number of nitrogen functional groups attached to an aromatic ring is 1. The Morgan fingerprint density at radius 3 is 2.74 bits per heavy atom. The van der Waals surface area contributed by atoms with Crippen LogP contribution >= 0.6 is 0 Å². The highest BCUT2D eigenvalue weighted by Crippen LogP contribution is 2.17. The summed E-state index contributed by atoms with van der Waals surface area (Å²) in [5.74, 6) is 4.98. The Bertz CT molecular complexity index is 428. The van der Waals surface area contributed by atoms with Crippen LogP contribution in [0.3, 0.4) is 0 Å². The van der Waals surface area contributed by atoms with Crippen LogP contribution in [0.5, 0.6) is 0 Å². The fourth-order valence-electron chi connectivity index (χ4n) is 2.50. The number of carbonyl (C=O) groups excluding carboxylic acids is 1. The largest absolute Gasteiger partial charge is 0.381 e. The summed E-state index contributed by atoms with van der Waals surface area (Å²) in [6.45, 7) is 2.77. The number of carbonyl (C=O) groups is 1. The number of hydrazine groups is 1. The van der Waals surface area contributed by atoms with Crippen molar-refractivity contribution in [2.75, 3.05) is 20.2 Å². The van der Waals surface area contributed by atoms with Crippen LogP contribution in [0.1, 0.15) is 28.8 Å². The summed E-state index contributed by atoms with van der Waals surface area (Å²) in [6, 6.07) is 7.59. The van der Waals surface area contributed by atoms with Crippen LogP contribution in [0.15, 0.2) is 24.3 Å². The van der Waals surface area contributed by atoms with Gasteiger partial charge in [-0.25, -0.2) is 5.84 Å². The maximum absolute atomic E-state index is 11.7. The Balaban J connectivity index is 2.01. The third kappa shape index (κ3) is 3.53. The number of nitrogens with zero attached hydrogens (tertiary/aromatic N) is 1. The van der Waals surface area contributed by atoms with E-state index >= 15 is 0 Å². The number of benzene rings is 1. The molecule has 0 radical (unpaired) electrons. The van der Waals surface area contributed by atoms with Crippen LogP contribution in [0, 0.1) is 0 Å². The summed E-state index contributed by atoms with van der Waals surface area (Å²) < 4.78 is 5.36. The van der Waals surface area contributed by atoms with Gasteiger partial charge in [0.2, 0.25) is 0 Å². The molecule has 1 amide bonds. The molecule has 1 fully saturated rings. The lowest BCUT2D eigenvalue weighted by molar-refractivity contribution is 0.0387. The molecule has 1 saturated heterocycles. The first-order chi connectivity index (χ1) is 9.24. The molecule has 3 N–H and O–H groups in total. The van der Waals surface area contributed by atoms with Crippen molar-refractivity contribution in [3.63, 3.8) is 0 Å². The second-order valence-electron chi connectivity index (χ2n) is 4.84. The van der Waals surface area contributed by atoms with Gasteiger partial charge in [0.25, 0.3) is 5.91 Å². The quantitative estimate of drug-likeness (QED) is 0.481. The van der Waals surface area contributed by atoms with Gasteiger partial charge in [0.05, 0.1) is 6.10 Å². The van der Waals surface area contributed by atoms with Gasteiger partial charge >= 0.3 is 0 Å². The minimum absolute atomic E-state index is 0.234. The predicted molar refractivity (Wildman–Crippen MR) is 73.4 cm³/mol. The zero-order valence-electron chi connectivity index (χ0n) is 11.3. The summed E-state index contributed by atoms with van der Waals surface area (Å²) in [6.07, 6.45) is 2.46. The predicted octanol–water partition coefficient (Wildman–Crippen LogP) is 0.901. The van der Waals surface area contributed by atoms with E-state index in [1.807, 2.05) is 18.2 Å². The standard InChI is InChI=1S/C14H21N3O2/c1-19-12-6-8-17(9-7-12)10-11-4-2-3-5-13(11)14(18)16-15/h2-5,12H,6-10,15H2,1H3,(H,16,18). The number of methoxy groups -OCH3 is 1. The smallest absolute Gasteiger partial charge is 0.265 e. The van der Waals surface area contributed by atoms with Crippen molar-refractivity contribution in [1.82, 2.24) is 10.3 Å². The monoisotopic (exact) mass is 263 g/mol. The molecular formula is C14H21N3O2. The molecule has 0 unspecified atom stereocenters. The first-order valence-corrected chi connectivity index (χ1v) is 6.58. The zero-order valence-corrected chi connectivity index (χ0v) is 11.3. The Morgan fingerprint density at radius 1 is 1.42 bits per heavy atom. The van der Waals surface area contributed by atoms with E-state index in [0.717, 1.165) is 38.0 Å². The molecule has 5 nitrogen and oxygen atoms in total. The number of ether oxygens (including phenoxy) is 1. The molecule has 5 heteroatoms. The molecule has 1 aromatic rings. The number of rotatable bonds is 4. The maximum atomic E-state index is 11.7. The molecule has 0 bridgehead atoms. The van der Waals surface area contributed by atoms with Gasteiger partial charge < -0.3 is 4.74 Å². The van der Waals surface area contributed by atoms with Gasteiger partial charge in [-0.1, -0.05) is 18.2 Å². The molecule has 0 atom stereocenters. The Morgan fingerprint density at radius 2 is 2.11 bits per heavy atom. The van der Waals surface area contributed by atoms with Crippen LogP contribution in [0.4, 0.5) is 0 Å². The summed E-state index contributed by atoms with van der Waals surface area (Å²) in [4.78, 5) is 14.0. The molecule has 0 spiro atoms. The van der Waals surface area contributed by atoms with E-state index in [0.29, 0.717) is 11.7 Å². The van der Waals surface area contributed by atoms with Gasteiger partial charge in [-0.2, -0.15) is 0 Å². The van der Waals surface area contributed by atoms with Crippen LogP contribution in [0.25, 0.3) is 0 Å². The molecule has 0 aromatic heterocycles. The number of hydrogen-bond donors (Lipinski definition) is 2. The van der Waals surface area contributed by atoms with Crippen molar-refractivity contribution in [2.45, 2.75) is 25.5 Å². The van der Waals surface area contributed by atoms with Gasteiger partial charge in [0.15, 0.2) is 0 Å². The lowest BCUT2D eigenvalue weighted by atomic mass is 10.0. The number of piperidine rings is 1. The zero-order chi connectivity index (χ0) is 13.7. The summed E-state index contributed by atoms with van der Waals surface area (Å²) in [5, 5.41) is 0. The molecule has 0 aliphatic carbocycles. The van der Waals surface area contributed by atoms with Crippen molar-refractivity contribution in [3.05, 3.63) is 35.4 Å². The highest BCUT2D eigenvalue weighted by atomic mass is 16.5. The maximum Gasteiger partial charge on any atom is 0.265 e. The molecule has 19 heavy (non-hydrogen) atoms. The second kappa shape index (κ2) is 6.65. The Hall–Kier alpha value is -1.43. The third-order valence-corrected chi connectivity index (χ3v) is 3.65. The molecule has 1 heterocycles. The second-order valence-corrected chi connectivity index (χ2v) is 4.84. The SMILES string of the molecule is COC1CCN(Cc2ccccc2C(=O)NN)CC1. The van der Waals surface area contributed by atoms with Crippen LogP contribution < -0.4 is 11.3 Å². The molecular weight excluding hydrogens is 242 g/mol. The van der Waals surface area contributed by atoms with E-state index in [2.05, 4.69) is 10.3 Å². The van der Waals surface area contributed by atoms with Gasteiger partial charge in [-0.05, 0) is 24.5 Å². The molecule has 1 aliphatic heterocycles. The fourth-order valence-corrected chi connectivity index (χ4v) is 2.50. The number of nitrogens with one attached hydrogen (secondary N) is 1. The molecule has 0 saturated carbocycles. The minimum Gasteiger partial charge on any atom is -0.381 e. The van der Waals surface area contributed by atoms with Gasteiger partial charge in [-0.3, -0.25) is 15.1 Å². The average molecular weight is 263 g/mol. The lowest BCUT2D eigenvalue weighted by Gasteiger charge is -2.31. The number of amides is 1. The average Bonchev–Trinajstić information content (AvgIpc) is 2.48. The Labute approximate surface area is 113 Å². The fraction of sp³-hybridized carbons (Fsp3) is 0.500. The van der Waals surface area contributed by atoms with E-state index in [1.165, 1.54) is 0 Å². The van der Waals surface area contributed by atoms with Crippen LogP contribution in [-0.2, 0) is 11.3 Å². The highest BCUT2D eigenvalue weighted by Gasteiger charge is 2.20. The Kier molecular flexibility index (Phi) is 4.90. The van der Waals surface area contributed by atoms with E-state index in [1.54, 1.807) is 13.2 Å². The molecule has 104 valence electrons. The molecule has 2 rings (SSSR count). The van der Waals surface area contributed by atoms with Crippen molar-refractivity contribution in [2.24, 2.45) is 5.84 Å². The van der Waals surface area contributed by atoms with Crippen LogP contribution in [-0.4, -0.2) is 37.1 Å². The van der Waals surface area contributed by atoms with Crippen molar-refractivity contribution >= 4 is 5.91 Å². The van der Waals surface area contributed by atoms with Gasteiger partial charge in [0.1, 0.15) is 0 Å². The van der Waals surface area contributed by atoms with E-state index in [9.17, 15) is 4.79 Å². The number of nitrogens with two attached hydrogens (primary N) is 1. The topological polar surface area (TPSA) is 67.6 Å². The van der Waals surface area contributed by atoms with Crippen molar-refractivity contribution in [3.8, 4) is 0 Å². The van der Waals surface area contributed by atoms with Gasteiger partial charge in [0, 0.05) is 32.3 Å². The first-order valence-electron chi connectivity index (χ1n) is 6.58. The lowest BCUT2D eigenvalue weighted by Crippen LogP contribution is -2.37. The minimum atomic E-state index is -0.234. The number of hydrogen-bond acceptors (Lipinski definition) is 4. The van der Waals surface area contributed by atoms with Crippen molar-refractivity contribution < 1.29 is 9.53 Å². The van der Waals surface area contributed by atoms with E-state index in [4.69, 9.17) is 10.6 Å². The molecule has 1 aliphatic rings. The summed E-state index contributed by atoms with van der Waals surface area (Å²) >= 11 is 0. The van der Waals surface area contributed by atoms with E-state index < -0.39 is 0 Å². The van der Waals surface area contributed by atoms with Crippen molar-refractivity contribution in [1.29, 1.82) is 0 Å². The van der Waals surface area contributed by atoms with Crippen LogP contribution in [0.2, 0.25) is 0 Å². The highest BCUT2D eigenvalue weighted by molar-refractivity contribution is 5.95. The number of likely N-dealkylation sites (tertiary alicyclic amines) is 1. The summed E-state index contributed by atoms with van der Waals surface area (Å²) in [7, 11) is 1.77. The van der Waals surface area contributed by atoms with Gasteiger partial charge in [-0.15, -0.1) is 0 Å². The van der Waals surface area contributed by atoms with E-state index in [-0.39, 0.29) is 5.91 Å². The summed E-state index contributed by atoms with van der Waals surface area (Å²) in [5.41, 5.74) is 3.86. The third-order valence-electron chi connectivity index (χ3n) is 3.65.